The van der Waals surface area contributed by atoms with E-state index in [1.165, 1.54) is 6.40 Å². The third-order valence-electron chi connectivity index (χ3n) is 5.57. The van der Waals surface area contributed by atoms with Gasteiger partial charge in [-0.25, -0.2) is 4.99 Å². The van der Waals surface area contributed by atoms with Gasteiger partial charge < -0.3 is 15.6 Å². The van der Waals surface area contributed by atoms with E-state index in [-0.39, 0.29) is 11.7 Å². The van der Waals surface area contributed by atoms with Crippen LogP contribution in [0.2, 0.25) is 5.02 Å². The Morgan fingerprint density at radius 1 is 1.33 bits per heavy atom. The molecule has 0 spiro atoms. The van der Waals surface area contributed by atoms with Crippen molar-refractivity contribution in [3.63, 3.8) is 0 Å². The highest BCUT2D eigenvalue weighted by atomic mass is 35.5. The highest BCUT2D eigenvalue weighted by Crippen LogP contribution is 2.49. The number of carbonyl (C=O) groups is 1. The first-order valence-corrected chi connectivity index (χ1v) is 8.68. The van der Waals surface area contributed by atoms with Crippen LogP contribution in [0.4, 0.5) is 0 Å². The first kappa shape index (κ1) is 17.4. The van der Waals surface area contributed by atoms with Gasteiger partial charge in [-0.3, -0.25) is 4.79 Å². The predicted octanol–water partition coefficient (Wildman–Crippen LogP) is 2.43. The Bertz CT molecular complexity index is 678. The summed E-state index contributed by atoms with van der Waals surface area (Å²) in [5, 5.41) is 10.4. The van der Waals surface area contributed by atoms with Crippen LogP contribution in [0.15, 0.2) is 29.3 Å². The molecule has 1 saturated carbocycles. The minimum Gasteiger partial charge on any atom is -0.468 e. The van der Waals surface area contributed by atoms with E-state index in [2.05, 4.69) is 4.99 Å². The van der Waals surface area contributed by atoms with Crippen LogP contribution in [0.3, 0.4) is 0 Å². The molecule has 0 amide bonds. The van der Waals surface area contributed by atoms with Crippen LogP contribution >= 0.6 is 11.6 Å². The lowest BCUT2D eigenvalue weighted by Gasteiger charge is -2.50. The van der Waals surface area contributed by atoms with Gasteiger partial charge in [-0.05, 0) is 32.3 Å². The van der Waals surface area contributed by atoms with Gasteiger partial charge in [0.25, 0.3) is 0 Å². The first-order valence-electron chi connectivity index (χ1n) is 8.30. The Morgan fingerprint density at radius 3 is 2.71 bits per heavy atom. The summed E-state index contributed by atoms with van der Waals surface area (Å²) in [5.41, 5.74) is 4.87. The molecule has 2 bridgehead atoms. The van der Waals surface area contributed by atoms with Gasteiger partial charge in [0.05, 0.1) is 12.1 Å². The molecule has 5 atom stereocenters. The molecule has 0 aromatic heterocycles. The molecule has 1 aromatic carbocycles. The zero-order valence-electron chi connectivity index (χ0n) is 13.9. The lowest BCUT2D eigenvalue weighted by Crippen LogP contribution is -2.67. The summed E-state index contributed by atoms with van der Waals surface area (Å²) in [7, 11) is 0. The van der Waals surface area contributed by atoms with E-state index >= 15 is 0 Å². The van der Waals surface area contributed by atoms with E-state index in [9.17, 15) is 9.90 Å². The molecule has 6 heteroatoms. The topological polar surface area (TPSA) is 84.9 Å². The molecule has 5 unspecified atom stereocenters. The summed E-state index contributed by atoms with van der Waals surface area (Å²) in [4.78, 5) is 17.9. The summed E-state index contributed by atoms with van der Waals surface area (Å²) < 4.78 is 5.75. The smallest absolute Gasteiger partial charge is 0.210 e. The summed E-state index contributed by atoms with van der Waals surface area (Å²) in [5.74, 6) is -0.445. The maximum atomic E-state index is 13.5. The highest BCUT2D eigenvalue weighted by Gasteiger charge is 2.61. The van der Waals surface area contributed by atoms with Crippen LogP contribution < -0.4 is 5.73 Å². The second kappa shape index (κ2) is 6.14. The van der Waals surface area contributed by atoms with Crippen molar-refractivity contribution in [3.8, 4) is 0 Å². The Morgan fingerprint density at radius 2 is 2.04 bits per heavy atom. The lowest BCUT2D eigenvalue weighted by atomic mass is 9.63. The molecule has 1 aliphatic carbocycles. The SMILES string of the molecule is CC(O)C(C)C(N)C12CCCC(c3ccccc3Cl)(N=CO1)C2=O. The van der Waals surface area contributed by atoms with Crippen molar-refractivity contribution in [3.05, 3.63) is 34.9 Å². The zero-order valence-corrected chi connectivity index (χ0v) is 14.7. The number of aliphatic hydroxyl groups is 1. The third kappa shape index (κ3) is 2.38. The number of nitrogens with two attached hydrogens (primary N) is 1. The first-order chi connectivity index (χ1) is 11.3. The molecule has 24 heavy (non-hydrogen) atoms. The van der Waals surface area contributed by atoms with E-state index in [0.29, 0.717) is 23.4 Å². The average Bonchev–Trinajstić information content (AvgIpc) is 2.54. The third-order valence-corrected chi connectivity index (χ3v) is 5.90. The number of halogens is 1. The number of carbonyl (C=O) groups excluding carboxylic acids is 1. The van der Waals surface area contributed by atoms with Crippen molar-refractivity contribution in [1.29, 1.82) is 0 Å². The van der Waals surface area contributed by atoms with Crippen molar-refractivity contribution in [1.82, 2.24) is 0 Å². The van der Waals surface area contributed by atoms with Gasteiger partial charge in [0.15, 0.2) is 17.5 Å². The quantitative estimate of drug-likeness (QED) is 0.873. The molecule has 1 fully saturated rings. The summed E-state index contributed by atoms with van der Waals surface area (Å²) in [6, 6.07) is 6.65. The molecule has 0 radical (unpaired) electrons. The van der Waals surface area contributed by atoms with Crippen LogP contribution in [-0.2, 0) is 15.1 Å². The number of aliphatic imine (C=N–C) groups is 1. The van der Waals surface area contributed by atoms with Crippen molar-refractivity contribution in [2.75, 3.05) is 0 Å². The van der Waals surface area contributed by atoms with Gasteiger partial charge in [-0.2, -0.15) is 0 Å². The largest absolute Gasteiger partial charge is 0.468 e. The summed E-state index contributed by atoms with van der Waals surface area (Å²) in [6.07, 6.45) is 2.55. The highest BCUT2D eigenvalue weighted by molar-refractivity contribution is 6.32. The molecule has 1 aliphatic heterocycles. The zero-order chi connectivity index (χ0) is 17.5. The number of nitrogens with zero attached hydrogens (tertiary/aromatic N) is 1. The molecule has 1 heterocycles. The molecule has 3 N–H and O–H groups in total. The molecule has 2 aliphatic rings. The molecule has 0 saturated heterocycles. The number of benzene rings is 1. The maximum Gasteiger partial charge on any atom is 0.210 e. The van der Waals surface area contributed by atoms with Crippen molar-refractivity contribution in [2.45, 2.75) is 56.4 Å². The fourth-order valence-electron chi connectivity index (χ4n) is 3.87. The van der Waals surface area contributed by atoms with Crippen molar-refractivity contribution in [2.24, 2.45) is 16.6 Å². The molecular weight excluding hydrogens is 328 g/mol. The van der Waals surface area contributed by atoms with Gasteiger partial charge in [0, 0.05) is 16.5 Å². The number of rotatable bonds is 4. The van der Waals surface area contributed by atoms with E-state index in [4.69, 9.17) is 22.1 Å². The van der Waals surface area contributed by atoms with Gasteiger partial charge >= 0.3 is 0 Å². The number of hydrogen-bond donors (Lipinski definition) is 2. The van der Waals surface area contributed by atoms with Crippen LogP contribution in [-0.4, -0.2) is 35.0 Å². The fourth-order valence-corrected chi connectivity index (χ4v) is 4.17. The van der Waals surface area contributed by atoms with Crippen LogP contribution in [0.25, 0.3) is 0 Å². The number of ketones is 1. The predicted molar refractivity (Wildman–Crippen MR) is 93.1 cm³/mol. The van der Waals surface area contributed by atoms with Crippen LogP contribution in [0.1, 0.15) is 38.7 Å². The Hall–Kier alpha value is -1.43. The van der Waals surface area contributed by atoms with Crippen molar-refractivity contribution < 1.29 is 14.6 Å². The fraction of sp³-hybridized carbons (Fsp3) is 0.556. The second-order valence-corrected chi connectivity index (χ2v) is 7.30. The van der Waals surface area contributed by atoms with Crippen LogP contribution in [0.5, 0.6) is 0 Å². The molecule has 1 aromatic rings. The van der Waals surface area contributed by atoms with Gasteiger partial charge in [0.2, 0.25) is 5.78 Å². The molecular formula is C18H23ClN2O3. The van der Waals surface area contributed by atoms with E-state index in [1.54, 1.807) is 13.0 Å². The van der Waals surface area contributed by atoms with E-state index in [0.717, 1.165) is 6.42 Å². The second-order valence-electron chi connectivity index (χ2n) is 6.89. The van der Waals surface area contributed by atoms with Crippen molar-refractivity contribution >= 4 is 23.8 Å². The Balaban J connectivity index is 2.09. The number of ether oxygens (including phenoxy) is 1. The maximum absolute atomic E-state index is 13.5. The lowest BCUT2D eigenvalue weighted by molar-refractivity contribution is -0.154. The normalized spacial score (nSPS) is 32.8. The number of Topliss-reactive ketones (excluding diaryl/α,β-unsaturated/α-hetero) is 1. The average molecular weight is 351 g/mol. The number of hydrogen-bond acceptors (Lipinski definition) is 5. The van der Waals surface area contributed by atoms with E-state index < -0.39 is 23.3 Å². The number of aliphatic hydroxyl groups excluding tert-OH is 1. The minimum absolute atomic E-state index is 0.156. The molecule has 5 nitrogen and oxygen atoms in total. The van der Waals surface area contributed by atoms with Crippen LogP contribution in [0, 0.1) is 5.92 Å². The molecule has 3 rings (SSSR count). The molecule has 130 valence electrons. The monoisotopic (exact) mass is 350 g/mol. The van der Waals surface area contributed by atoms with E-state index in [1.807, 2.05) is 25.1 Å². The standard InChI is InChI=1S/C18H23ClN2O3/c1-11(12(2)22)15(20)18-9-5-8-17(16(18)23,21-10-24-18)13-6-3-4-7-14(13)19/h3-4,6-7,10-12,15,22H,5,8-9,20H2,1-2H3. The Kier molecular flexibility index (Phi) is 4.45. The summed E-state index contributed by atoms with van der Waals surface area (Å²) >= 11 is 6.36. The van der Waals surface area contributed by atoms with Gasteiger partial charge in [0.1, 0.15) is 0 Å². The number of fused-ring (bicyclic) bond motifs is 2. The summed E-state index contributed by atoms with van der Waals surface area (Å²) in [6.45, 7) is 3.50. The van der Waals surface area contributed by atoms with Gasteiger partial charge in [-0.15, -0.1) is 0 Å². The Labute approximate surface area is 146 Å². The minimum atomic E-state index is -1.17. The van der Waals surface area contributed by atoms with Gasteiger partial charge in [-0.1, -0.05) is 36.7 Å².